The van der Waals surface area contributed by atoms with E-state index in [1.165, 1.54) is 0 Å². The molecule has 1 aliphatic carbocycles. The van der Waals surface area contributed by atoms with Gasteiger partial charge in [0.1, 0.15) is 17.5 Å². The lowest BCUT2D eigenvalue weighted by Gasteiger charge is -2.37. The molecule has 7 nitrogen and oxygen atoms in total. The Labute approximate surface area is 157 Å². The number of nitrogens with zero attached hydrogens (tertiary/aromatic N) is 2. The number of carbonyl (C=O) groups excluding carboxylic acids is 1. The summed E-state index contributed by atoms with van der Waals surface area (Å²) in [6.45, 7) is 5.68. The van der Waals surface area contributed by atoms with Gasteiger partial charge in [0, 0.05) is 30.2 Å². The van der Waals surface area contributed by atoms with Gasteiger partial charge in [-0.05, 0) is 45.6 Å². The van der Waals surface area contributed by atoms with Gasteiger partial charge in [0.25, 0.3) is 0 Å². The molecule has 0 aliphatic heterocycles. The number of fused-ring (bicyclic) bond motifs is 1. The summed E-state index contributed by atoms with van der Waals surface area (Å²) in [5.74, 6) is 0.771. The highest BCUT2D eigenvalue weighted by Crippen LogP contribution is 2.38. The van der Waals surface area contributed by atoms with E-state index in [0.29, 0.717) is 24.3 Å². The lowest BCUT2D eigenvalue weighted by Crippen LogP contribution is -2.37. The first kappa shape index (κ1) is 17.6. The van der Waals surface area contributed by atoms with E-state index in [1.54, 1.807) is 18.7 Å². The van der Waals surface area contributed by atoms with Crippen LogP contribution >= 0.6 is 0 Å². The third-order valence-corrected chi connectivity index (χ3v) is 4.71. The van der Waals surface area contributed by atoms with E-state index < -0.39 is 5.60 Å². The second-order valence-electron chi connectivity index (χ2n) is 8.09. The minimum Gasteiger partial charge on any atom is -0.460 e. The number of hydrogen-bond donors (Lipinski definition) is 2. The Hall–Kier alpha value is -2.83. The van der Waals surface area contributed by atoms with Crippen molar-refractivity contribution in [3.8, 4) is 11.5 Å². The van der Waals surface area contributed by atoms with Gasteiger partial charge in [-0.15, -0.1) is 0 Å². The van der Waals surface area contributed by atoms with Gasteiger partial charge in [-0.2, -0.15) is 0 Å². The Morgan fingerprint density at radius 3 is 2.89 bits per heavy atom. The fourth-order valence-corrected chi connectivity index (χ4v) is 3.53. The standard InChI is InChI=1S/C20H24N4O3/c1-20(2,3)27-16(25)10-12-8-13(9-12)24-17-14-4-5-21-18(14)23-11-15(17)19-22-6-7-26-19/h4-7,11-13H,8-10H2,1-3H3,(H2,21,23,24). The Morgan fingerprint density at radius 1 is 1.37 bits per heavy atom. The highest BCUT2D eigenvalue weighted by atomic mass is 16.6. The van der Waals surface area contributed by atoms with Crippen molar-refractivity contribution in [2.75, 3.05) is 5.32 Å². The van der Waals surface area contributed by atoms with Crippen molar-refractivity contribution in [1.82, 2.24) is 15.0 Å². The van der Waals surface area contributed by atoms with Crippen LogP contribution in [0.4, 0.5) is 5.69 Å². The summed E-state index contributed by atoms with van der Waals surface area (Å²) in [7, 11) is 0. The molecular formula is C20H24N4O3. The number of hydrogen-bond acceptors (Lipinski definition) is 6. The Bertz CT molecular complexity index is 934. The van der Waals surface area contributed by atoms with Crippen molar-refractivity contribution < 1.29 is 13.9 Å². The third-order valence-electron chi connectivity index (χ3n) is 4.71. The largest absolute Gasteiger partial charge is 0.460 e. The molecule has 2 N–H and O–H groups in total. The molecular weight excluding hydrogens is 344 g/mol. The van der Waals surface area contributed by atoms with Crippen molar-refractivity contribution in [2.45, 2.75) is 51.7 Å². The average molecular weight is 368 g/mol. The number of nitrogens with one attached hydrogen (secondary N) is 2. The molecule has 0 amide bonds. The van der Waals surface area contributed by atoms with Gasteiger partial charge >= 0.3 is 5.97 Å². The molecule has 0 atom stereocenters. The minimum absolute atomic E-state index is 0.122. The fourth-order valence-electron chi connectivity index (χ4n) is 3.53. The van der Waals surface area contributed by atoms with Crippen LogP contribution in [0.15, 0.2) is 35.3 Å². The molecule has 0 spiro atoms. The van der Waals surface area contributed by atoms with Crippen LogP contribution < -0.4 is 5.32 Å². The number of rotatable bonds is 5. The van der Waals surface area contributed by atoms with Crippen LogP contribution in [-0.2, 0) is 9.53 Å². The normalized spacial score (nSPS) is 19.7. The summed E-state index contributed by atoms with van der Waals surface area (Å²) in [5.41, 5.74) is 2.19. The summed E-state index contributed by atoms with van der Waals surface area (Å²) < 4.78 is 10.9. The zero-order valence-corrected chi connectivity index (χ0v) is 15.8. The van der Waals surface area contributed by atoms with Crippen molar-refractivity contribution in [3.63, 3.8) is 0 Å². The van der Waals surface area contributed by atoms with Crippen LogP contribution in [0.2, 0.25) is 0 Å². The highest BCUT2D eigenvalue weighted by molar-refractivity contribution is 5.97. The molecule has 142 valence electrons. The van der Waals surface area contributed by atoms with E-state index in [-0.39, 0.29) is 5.97 Å². The molecule has 0 radical (unpaired) electrons. The molecule has 7 heteroatoms. The molecule has 1 fully saturated rings. The molecule has 0 bridgehead atoms. The second kappa shape index (κ2) is 6.72. The Balaban J connectivity index is 1.45. The quantitative estimate of drug-likeness (QED) is 0.658. The van der Waals surface area contributed by atoms with Crippen LogP contribution in [0.5, 0.6) is 0 Å². The predicted octanol–water partition coefficient (Wildman–Crippen LogP) is 4.14. The van der Waals surface area contributed by atoms with E-state index in [4.69, 9.17) is 9.15 Å². The number of carbonyl (C=O) groups is 1. The molecule has 0 aromatic carbocycles. The Kier molecular flexibility index (Phi) is 4.37. The van der Waals surface area contributed by atoms with E-state index in [9.17, 15) is 4.79 Å². The third kappa shape index (κ3) is 3.82. The number of anilines is 1. The van der Waals surface area contributed by atoms with Gasteiger partial charge < -0.3 is 19.5 Å². The van der Waals surface area contributed by atoms with Gasteiger partial charge in [-0.1, -0.05) is 0 Å². The molecule has 3 aromatic heterocycles. The molecule has 1 saturated carbocycles. The van der Waals surface area contributed by atoms with Gasteiger partial charge in [0.2, 0.25) is 5.89 Å². The summed E-state index contributed by atoms with van der Waals surface area (Å²) in [6.07, 6.45) is 9.15. The minimum atomic E-state index is -0.430. The molecule has 0 unspecified atom stereocenters. The smallest absolute Gasteiger partial charge is 0.306 e. The van der Waals surface area contributed by atoms with E-state index in [2.05, 4.69) is 20.3 Å². The summed E-state index contributed by atoms with van der Waals surface area (Å²) in [6, 6.07) is 2.29. The van der Waals surface area contributed by atoms with Crippen molar-refractivity contribution in [1.29, 1.82) is 0 Å². The zero-order chi connectivity index (χ0) is 19.0. The van der Waals surface area contributed by atoms with Crippen LogP contribution in [0, 0.1) is 5.92 Å². The number of ether oxygens (including phenoxy) is 1. The van der Waals surface area contributed by atoms with Gasteiger partial charge in [0.15, 0.2) is 0 Å². The maximum atomic E-state index is 12.0. The number of esters is 1. The first-order valence-corrected chi connectivity index (χ1v) is 9.23. The molecule has 4 rings (SSSR count). The van der Waals surface area contributed by atoms with Crippen LogP contribution in [-0.4, -0.2) is 32.6 Å². The maximum Gasteiger partial charge on any atom is 0.306 e. The zero-order valence-electron chi connectivity index (χ0n) is 15.8. The average Bonchev–Trinajstić information content (AvgIpc) is 3.22. The van der Waals surface area contributed by atoms with Crippen LogP contribution in [0.25, 0.3) is 22.5 Å². The molecule has 3 aromatic rings. The van der Waals surface area contributed by atoms with Crippen molar-refractivity contribution in [2.24, 2.45) is 5.92 Å². The number of oxazole rings is 1. The van der Waals surface area contributed by atoms with E-state index >= 15 is 0 Å². The molecule has 3 heterocycles. The molecule has 27 heavy (non-hydrogen) atoms. The molecule has 0 saturated heterocycles. The maximum absolute atomic E-state index is 12.0. The lowest BCUT2D eigenvalue weighted by atomic mass is 9.78. The van der Waals surface area contributed by atoms with Gasteiger partial charge in [-0.3, -0.25) is 4.79 Å². The summed E-state index contributed by atoms with van der Waals surface area (Å²) >= 11 is 0. The SMILES string of the molecule is CC(C)(C)OC(=O)CC1CC(Nc2c(-c3ncco3)cnc3[nH]ccc23)C1. The lowest BCUT2D eigenvalue weighted by molar-refractivity contribution is -0.156. The van der Waals surface area contributed by atoms with E-state index in [0.717, 1.165) is 35.1 Å². The monoisotopic (exact) mass is 368 g/mol. The number of aromatic amines is 1. The number of aromatic nitrogens is 3. The summed E-state index contributed by atoms with van der Waals surface area (Å²) in [5, 5.41) is 4.60. The fraction of sp³-hybridized carbons (Fsp3) is 0.450. The van der Waals surface area contributed by atoms with Gasteiger partial charge in [-0.25, -0.2) is 9.97 Å². The topological polar surface area (TPSA) is 93.0 Å². The van der Waals surface area contributed by atoms with Crippen molar-refractivity contribution >= 4 is 22.7 Å². The van der Waals surface area contributed by atoms with Crippen LogP contribution in [0.1, 0.15) is 40.0 Å². The molecule has 1 aliphatic rings. The first-order chi connectivity index (χ1) is 12.9. The second-order valence-corrected chi connectivity index (χ2v) is 8.09. The van der Waals surface area contributed by atoms with E-state index in [1.807, 2.05) is 33.0 Å². The number of H-pyrrole nitrogens is 1. The Morgan fingerprint density at radius 2 is 2.19 bits per heavy atom. The highest BCUT2D eigenvalue weighted by Gasteiger charge is 2.33. The summed E-state index contributed by atoms with van der Waals surface area (Å²) in [4.78, 5) is 23.8. The predicted molar refractivity (Wildman–Crippen MR) is 102 cm³/mol. The number of pyridine rings is 1. The van der Waals surface area contributed by atoms with Gasteiger partial charge in [0.05, 0.1) is 17.4 Å². The first-order valence-electron chi connectivity index (χ1n) is 9.23. The van der Waals surface area contributed by atoms with Crippen LogP contribution in [0.3, 0.4) is 0 Å². The van der Waals surface area contributed by atoms with Crippen molar-refractivity contribution in [3.05, 3.63) is 30.9 Å².